The number of likely N-dealkylation sites (N-methyl/N-ethyl adjacent to an activating group) is 1. The first-order chi connectivity index (χ1) is 21.4. The van der Waals surface area contributed by atoms with Crippen molar-refractivity contribution in [2.45, 2.75) is 62.4 Å². The number of urea groups is 1. The summed E-state index contributed by atoms with van der Waals surface area (Å²) in [5.74, 6) is 3.50. The van der Waals surface area contributed by atoms with Crippen molar-refractivity contribution < 1.29 is 4.79 Å². The number of aromatic nitrogens is 2. The molecular weight excluding hydrogens is 567 g/mol. The molecule has 3 aromatic rings. The second kappa shape index (κ2) is 10.9. The summed E-state index contributed by atoms with van der Waals surface area (Å²) in [6.45, 7) is 6.87. The summed E-state index contributed by atoms with van der Waals surface area (Å²) in [7, 11) is 2.18. The average molecular weight is 610 g/mol. The summed E-state index contributed by atoms with van der Waals surface area (Å²) in [6.07, 6.45) is 11.3. The van der Waals surface area contributed by atoms with E-state index in [1.54, 1.807) is 11.8 Å². The van der Waals surface area contributed by atoms with Crippen LogP contribution in [0.2, 0.25) is 0 Å². The zero-order valence-corrected chi connectivity index (χ0v) is 26.9. The van der Waals surface area contributed by atoms with Gasteiger partial charge in [-0.2, -0.15) is 4.98 Å². The topological polar surface area (TPSA) is 67.8 Å². The number of carbonyl (C=O) groups excluding carboxylic acids is 1. The Balaban J connectivity index is 1.14. The lowest BCUT2D eigenvalue weighted by Gasteiger charge is -2.61. The van der Waals surface area contributed by atoms with Crippen LogP contribution in [0.3, 0.4) is 0 Å². The van der Waals surface area contributed by atoms with Gasteiger partial charge in [-0.15, -0.1) is 11.8 Å². The summed E-state index contributed by atoms with van der Waals surface area (Å²) in [5.41, 5.74) is 5.24. The molecule has 9 heteroatoms. The maximum atomic E-state index is 14.8. The van der Waals surface area contributed by atoms with Crippen LogP contribution in [0.15, 0.2) is 53.6 Å². The van der Waals surface area contributed by atoms with E-state index >= 15 is 0 Å². The van der Waals surface area contributed by atoms with Crippen LogP contribution >= 0.6 is 11.8 Å². The van der Waals surface area contributed by atoms with E-state index in [1.807, 2.05) is 11.1 Å². The molecule has 44 heavy (non-hydrogen) atoms. The van der Waals surface area contributed by atoms with E-state index in [1.165, 1.54) is 30.5 Å². The van der Waals surface area contributed by atoms with E-state index in [-0.39, 0.29) is 11.6 Å². The van der Waals surface area contributed by atoms with Gasteiger partial charge in [-0.1, -0.05) is 12.1 Å². The van der Waals surface area contributed by atoms with Gasteiger partial charge in [0.05, 0.1) is 17.8 Å². The summed E-state index contributed by atoms with van der Waals surface area (Å²) in [4.78, 5) is 34.9. The van der Waals surface area contributed by atoms with Crippen molar-refractivity contribution >= 4 is 46.6 Å². The number of piperazine rings is 1. The molecular formula is C35H43N7OS. The highest BCUT2D eigenvalue weighted by molar-refractivity contribution is 7.98. The molecule has 1 aromatic heterocycles. The highest BCUT2D eigenvalue weighted by Crippen LogP contribution is 2.59. The quantitative estimate of drug-likeness (QED) is 0.305. The standard InChI is InChI=1S/C35H43N7OS/c1-23-5-4-6-30(31(23)44-3)41-22-27-21-36-33(37-28-7-9-29(10-8-28)40-13-11-39(2)12-14-40)38-32(27)42(34(41)43)35-18-24-15-25(19-35)17-26(16-24)20-35/h4-10,21,24-26H,11-20,22H2,1-3H3,(H,36,37,38). The Labute approximate surface area is 265 Å². The summed E-state index contributed by atoms with van der Waals surface area (Å²) in [6, 6.07) is 15.0. The summed E-state index contributed by atoms with van der Waals surface area (Å²) >= 11 is 1.71. The van der Waals surface area contributed by atoms with Gasteiger partial charge >= 0.3 is 6.03 Å². The van der Waals surface area contributed by atoms with Gasteiger partial charge in [0.2, 0.25) is 5.95 Å². The third-order valence-corrected chi connectivity index (χ3v) is 11.9. The Morgan fingerprint density at radius 1 is 0.932 bits per heavy atom. The Hall–Kier alpha value is -3.30. The SMILES string of the molecule is CSc1c(C)cccc1N1Cc2cnc(Nc3ccc(N4CCN(C)CC4)cc3)nc2N(C23CC4CC(CC(C4)C2)C3)C1=O. The monoisotopic (exact) mass is 609 g/mol. The van der Waals surface area contributed by atoms with Gasteiger partial charge in [-0.05, 0) is 112 Å². The number of fused-ring (bicyclic) bond motifs is 1. The van der Waals surface area contributed by atoms with Gasteiger partial charge < -0.3 is 15.1 Å². The Morgan fingerprint density at radius 2 is 1.61 bits per heavy atom. The smallest absolute Gasteiger partial charge is 0.331 e. The highest BCUT2D eigenvalue weighted by atomic mass is 32.2. The fraction of sp³-hybridized carbons (Fsp3) is 0.514. The number of nitrogens with one attached hydrogen (secondary N) is 1. The molecule has 4 bridgehead atoms. The van der Waals surface area contributed by atoms with Gasteiger partial charge in [0, 0.05) is 54.2 Å². The number of benzene rings is 2. The molecule has 9 rings (SSSR count). The van der Waals surface area contributed by atoms with Gasteiger partial charge in [0.25, 0.3) is 0 Å². The minimum atomic E-state index is -0.168. The second-order valence-electron chi connectivity index (χ2n) is 14.0. The van der Waals surface area contributed by atoms with E-state index in [4.69, 9.17) is 9.97 Å². The number of hydrogen-bond acceptors (Lipinski definition) is 7. The highest BCUT2D eigenvalue weighted by Gasteiger charge is 2.57. The van der Waals surface area contributed by atoms with Crippen molar-refractivity contribution in [3.63, 3.8) is 0 Å². The zero-order valence-electron chi connectivity index (χ0n) is 26.1. The molecule has 5 fully saturated rings. The van der Waals surface area contributed by atoms with E-state index < -0.39 is 0 Å². The zero-order chi connectivity index (χ0) is 30.0. The number of carbonyl (C=O) groups is 1. The first-order valence-electron chi connectivity index (χ1n) is 16.3. The van der Waals surface area contributed by atoms with Crippen LogP contribution < -0.4 is 20.0 Å². The van der Waals surface area contributed by atoms with Crippen LogP contribution in [0.4, 0.5) is 33.6 Å². The fourth-order valence-electron chi connectivity index (χ4n) is 9.23. The summed E-state index contributed by atoms with van der Waals surface area (Å²) in [5, 5.41) is 3.47. The Kier molecular flexibility index (Phi) is 7.01. The first-order valence-corrected chi connectivity index (χ1v) is 17.5. The van der Waals surface area contributed by atoms with Gasteiger partial charge in [0.15, 0.2) is 0 Å². The fourth-order valence-corrected chi connectivity index (χ4v) is 10.0. The second-order valence-corrected chi connectivity index (χ2v) is 14.8. The van der Waals surface area contributed by atoms with Crippen molar-refractivity contribution in [2.75, 3.05) is 59.5 Å². The number of aryl methyl sites for hydroxylation is 1. The Morgan fingerprint density at radius 3 is 2.27 bits per heavy atom. The van der Waals surface area contributed by atoms with E-state index in [2.05, 4.69) is 82.7 Å². The molecule has 2 amide bonds. The molecule has 4 saturated carbocycles. The molecule has 2 aromatic carbocycles. The third kappa shape index (κ3) is 4.83. The molecule has 0 unspecified atom stereocenters. The molecule has 230 valence electrons. The first kappa shape index (κ1) is 28.2. The summed E-state index contributed by atoms with van der Waals surface area (Å²) < 4.78 is 0. The predicted molar refractivity (Wildman–Crippen MR) is 179 cm³/mol. The molecule has 4 aliphatic carbocycles. The third-order valence-electron chi connectivity index (χ3n) is 11.0. The van der Waals surface area contributed by atoms with Crippen LogP contribution in [0.25, 0.3) is 0 Å². The minimum Gasteiger partial charge on any atom is -0.369 e. The number of rotatable bonds is 6. The number of anilines is 5. The van der Waals surface area contributed by atoms with Crippen LogP contribution in [0.1, 0.15) is 49.7 Å². The van der Waals surface area contributed by atoms with Crippen LogP contribution in [-0.2, 0) is 6.54 Å². The number of nitrogens with zero attached hydrogens (tertiary/aromatic N) is 6. The maximum absolute atomic E-state index is 14.8. The maximum Gasteiger partial charge on any atom is 0.331 e. The van der Waals surface area contributed by atoms with Crippen molar-refractivity contribution in [1.29, 1.82) is 0 Å². The molecule has 2 aliphatic heterocycles. The van der Waals surface area contributed by atoms with Crippen molar-refractivity contribution in [3.05, 3.63) is 59.8 Å². The van der Waals surface area contributed by atoms with E-state index in [0.717, 1.165) is 73.1 Å². The molecule has 0 atom stereocenters. The Bertz CT molecular complexity index is 1530. The molecule has 3 heterocycles. The van der Waals surface area contributed by atoms with E-state index in [9.17, 15) is 4.79 Å². The average Bonchev–Trinajstić information content (AvgIpc) is 3.01. The van der Waals surface area contributed by atoms with Gasteiger partial charge in [-0.25, -0.2) is 9.78 Å². The van der Waals surface area contributed by atoms with Crippen molar-refractivity contribution in [1.82, 2.24) is 14.9 Å². The van der Waals surface area contributed by atoms with Crippen LogP contribution in [0, 0.1) is 24.7 Å². The molecule has 8 nitrogen and oxygen atoms in total. The lowest BCUT2D eigenvalue weighted by atomic mass is 9.52. The number of amides is 2. The molecule has 0 spiro atoms. The number of hydrogen-bond donors (Lipinski definition) is 1. The lowest BCUT2D eigenvalue weighted by Crippen LogP contribution is -2.65. The predicted octanol–water partition coefficient (Wildman–Crippen LogP) is 6.92. The molecule has 1 N–H and O–H groups in total. The van der Waals surface area contributed by atoms with E-state index in [0.29, 0.717) is 30.2 Å². The normalized spacial score (nSPS) is 28.0. The minimum absolute atomic E-state index is 0.0709. The molecule has 0 radical (unpaired) electrons. The van der Waals surface area contributed by atoms with Crippen LogP contribution in [-0.4, -0.2) is 65.9 Å². The number of thioether (sulfide) groups is 1. The van der Waals surface area contributed by atoms with Crippen molar-refractivity contribution in [3.8, 4) is 0 Å². The van der Waals surface area contributed by atoms with Gasteiger partial charge in [0.1, 0.15) is 5.82 Å². The van der Waals surface area contributed by atoms with Gasteiger partial charge in [-0.3, -0.25) is 9.80 Å². The van der Waals surface area contributed by atoms with Crippen molar-refractivity contribution in [2.24, 2.45) is 17.8 Å². The molecule has 1 saturated heterocycles. The lowest BCUT2D eigenvalue weighted by molar-refractivity contribution is -0.000910. The largest absolute Gasteiger partial charge is 0.369 e. The van der Waals surface area contributed by atoms with Crippen LogP contribution in [0.5, 0.6) is 0 Å². The molecule has 6 aliphatic rings.